The van der Waals surface area contributed by atoms with E-state index in [0.29, 0.717) is 22.8 Å². The molecule has 2 aromatic carbocycles. The van der Waals surface area contributed by atoms with E-state index in [0.717, 1.165) is 26.2 Å². The molecule has 1 aliphatic rings. The van der Waals surface area contributed by atoms with Gasteiger partial charge in [-0.2, -0.15) is 5.26 Å². The number of amides is 1. The molecule has 4 rings (SSSR count). The quantitative estimate of drug-likeness (QED) is 0.744. The largest absolute Gasteiger partial charge is 0.368 e. The van der Waals surface area contributed by atoms with Crippen molar-refractivity contribution in [2.75, 3.05) is 41.3 Å². The minimum Gasteiger partial charge on any atom is -0.368 e. The average molecular weight is 384 g/mol. The molecule has 7 nitrogen and oxygen atoms in total. The first-order chi connectivity index (χ1) is 14.2. The highest BCUT2D eigenvalue weighted by Crippen LogP contribution is 2.18. The van der Waals surface area contributed by atoms with Crippen molar-refractivity contribution >= 4 is 23.2 Å². The predicted octanol–water partition coefficient (Wildman–Crippen LogP) is 2.93. The summed E-state index contributed by atoms with van der Waals surface area (Å²) in [5.74, 6) is 0.399. The van der Waals surface area contributed by atoms with Crippen molar-refractivity contribution in [1.29, 1.82) is 5.26 Å². The van der Waals surface area contributed by atoms with Crippen molar-refractivity contribution in [2.45, 2.75) is 0 Å². The molecule has 0 unspecified atom stereocenters. The van der Waals surface area contributed by atoms with Crippen molar-refractivity contribution in [2.24, 2.45) is 0 Å². The fourth-order valence-corrected chi connectivity index (χ4v) is 3.25. The lowest BCUT2D eigenvalue weighted by atomic mass is 10.1. The van der Waals surface area contributed by atoms with Crippen molar-refractivity contribution in [3.05, 3.63) is 78.1 Å². The smallest absolute Gasteiger partial charge is 0.255 e. The summed E-state index contributed by atoms with van der Waals surface area (Å²) in [5, 5.41) is 11.6. The number of carbonyl (C=O) groups excluding carboxylic acids is 1. The molecule has 29 heavy (non-hydrogen) atoms. The highest BCUT2D eigenvalue weighted by molar-refractivity contribution is 6.04. The van der Waals surface area contributed by atoms with Crippen molar-refractivity contribution in [3.63, 3.8) is 0 Å². The zero-order chi connectivity index (χ0) is 20.1. The van der Waals surface area contributed by atoms with Crippen LogP contribution in [0.2, 0.25) is 0 Å². The zero-order valence-electron chi connectivity index (χ0n) is 15.8. The van der Waals surface area contributed by atoms with Crippen LogP contribution in [0.15, 0.2) is 67.0 Å². The number of carbonyl (C=O) groups is 1. The summed E-state index contributed by atoms with van der Waals surface area (Å²) < 4.78 is 0. The van der Waals surface area contributed by atoms with Crippen LogP contribution in [0.3, 0.4) is 0 Å². The van der Waals surface area contributed by atoms with Crippen LogP contribution in [0, 0.1) is 11.3 Å². The fourth-order valence-electron chi connectivity index (χ4n) is 3.25. The molecule has 1 aromatic heterocycles. The second-order valence-electron chi connectivity index (χ2n) is 6.72. The minimum absolute atomic E-state index is 0.262. The number of benzene rings is 2. The van der Waals surface area contributed by atoms with E-state index >= 15 is 0 Å². The number of para-hydroxylation sites is 1. The van der Waals surface area contributed by atoms with Gasteiger partial charge in [0, 0.05) is 37.4 Å². The van der Waals surface area contributed by atoms with Gasteiger partial charge in [0.2, 0.25) is 5.95 Å². The molecule has 3 aromatic rings. The van der Waals surface area contributed by atoms with E-state index in [1.54, 1.807) is 36.7 Å². The Bertz CT molecular complexity index is 1000. The molecule has 1 fully saturated rings. The number of anilines is 3. The van der Waals surface area contributed by atoms with Gasteiger partial charge in [-0.1, -0.05) is 18.2 Å². The molecular weight excluding hydrogens is 364 g/mol. The Morgan fingerprint density at radius 1 is 0.897 bits per heavy atom. The summed E-state index contributed by atoms with van der Waals surface area (Å²) in [6.45, 7) is 3.49. The Morgan fingerprint density at radius 3 is 2.14 bits per heavy atom. The fraction of sp³-hybridized carbons (Fsp3) is 0.182. The summed E-state index contributed by atoms with van der Waals surface area (Å²) in [7, 11) is 0. The van der Waals surface area contributed by atoms with Crippen molar-refractivity contribution in [3.8, 4) is 6.07 Å². The predicted molar refractivity (Wildman–Crippen MR) is 112 cm³/mol. The van der Waals surface area contributed by atoms with E-state index in [2.05, 4.69) is 49.4 Å². The summed E-state index contributed by atoms with van der Waals surface area (Å²) in [4.78, 5) is 25.6. The molecule has 0 spiro atoms. The van der Waals surface area contributed by atoms with E-state index in [4.69, 9.17) is 5.26 Å². The summed E-state index contributed by atoms with van der Waals surface area (Å²) in [5.41, 5.74) is 2.76. The number of hydrogen-bond acceptors (Lipinski definition) is 6. The molecule has 2 heterocycles. The molecule has 0 bridgehead atoms. The lowest BCUT2D eigenvalue weighted by Gasteiger charge is -2.36. The van der Waals surface area contributed by atoms with Crippen LogP contribution in [0.1, 0.15) is 15.9 Å². The van der Waals surface area contributed by atoms with Gasteiger partial charge in [0.25, 0.3) is 5.91 Å². The molecule has 0 atom stereocenters. The topological polar surface area (TPSA) is 85.1 Å². The Morgan fingerprint density at radius 2 is 1.52 bits per heavy atom. The minimum atomic E-state index is -0.262. The molecule has 7 heteroatoms. The van der Waals surface area contributed by atoms with Gasteiger partial charge in [0.1, 0.15) is 0 Å². The van der Waals surface area contributed by atoms with E-state index in [1.165, 1.54) is 5.69 Å². The number of nitrogens with zero attached hydrogens (tertiary/aromatic N) is 5. The molecule has 0 aliphatic carbocycles. The molecule has 0 saturated carbocycles. The molecule has 1 aliphatic heterocycles. The van der Waals surface area contributed by atoms with Crippen LogP contribution in [-0.2, 0) is 0 Å². The van der Waals surface area contributed by atoms with Gasteiger partial charge in [-0.3, -0.25) is 4.79 Å². The lowest BCUT2D eigenvalue weighted by molar-refractivity contribution is 0.102. The Labute approximate surface area is 169 Å². The highest BCUT2D eigenvalue weighted by Gasteiger charge is 2.19. The van der Waals surface area contributed by atoms with Crippen LogP contribution in [0.4, 0.5) is 17.3 Å². The molecule has 1 saturated heterocycles. The Kier molecular flexibility index (Phi) is 5.34. The van der Waals surface area contributed by atoms with Gasteiger partial charge in [0.15, 0.2) is 0 Å². The third-order valence-corrected chi connectivity index (χ3v) is 4.86. The number of aromatic nitrogens is 2. The number of rotatable bonds is 4. The second kappa shape index (κ2) is 8.40. The lowest BCUT2D eigenvalue weighted by Crippen LogP contribution is -2.47. The second-order valence-corrected chi connectivity index (χ2v) is 6.72. The van der Waals surface area contributed by atoms with E-state index in [1.807, 2.05) is 12.1 Å². The van der Waals surface area contributed by atoms with E-state index in [9.17, 15) is 4.79 Å². The van der Waals surface area contributed by atoms with E-state index < -0.39 is 0 Å². The number of piperazine rings is 1. The first-order valence-corrected chi connectivity index (χ1v) is 9.41. The van der Waals surface area contributed by atoms with Gasteiger partial charge in [-0.25, -0.2) is 9.97 Å². The first kappa shape index (κ1) is 18.4. The standard InChI is InChI=1S/C22H20N6O/c23-14-17-6-8-18(9-7-17)21(29)26-19-15-24-22(25-16-19)28-12-10-27(11-13-28)20-4-2-1-3-5-20/h1-9,15-16H,10-13H2,(H,26,29). The van der Waals surface area contributed by atoms with Crippen molar-refractivity contribution < 1.29 is 4.79 Å². The molecule has 144 valence electrons. The summed E-state index contributed by atoms with van der Waals surface area (Å²) in [6, 6.07) is 18.9. The van der Waals surface area contributed by atoms with E-state index in [-0.39, 0.29) is 5.91 Å². The SMILES string of the molecule is N#Cc1ccc(C(=O)Nc2cnc(N3CCN(c4ccccc4)CC3)nc2)cc1. The van der Waals surface area contributed by atoms with Gasteiger partial charge in [-0.15, -0.1) is 0 Å². The maximum absolute atomic E-state index is 12.3. The number of hydrogen-bond donors (Lipinski definition) is 1. The zero-order valence-corrected chi connectivity index (χ0v) is 15.8. The van der Waals surface area contributed by atoms with Crippen LogP contribution in [-0.4, -0.2) is 42.1 Å². The average Bonchev–Trinajstić information content (AvgIpc) is 2.80. The third kappa shape index (κ3) is 4.33. The van der Waals surface area contributed by atoms with Crippen LogP contribution >= 0.6 is 0 Å². The third-order valence-electron chi connectivity index (χ3n) is 4.86. The van der Waals surface area contributed by atoms with Crippen LogP contribution < -0.4 is 15.1 Å². The Balaban J connectivity index is 1.34. The van der Waals surface area contributed by atoms with Gasteiger partial charge in [0.05, 0.1) is 29.7 Å². The first-order valence-electron chi connectivity index (χ1n) is 9.41. The normalized spacial score (nSPS) is 13.6. The van der Waals surface area contributed by atoms with Crippen LogP contribution in [0.5, 0.6) is 0 Å². The molecule has 1 N–H and O–H groups in total. The van der Waals surface area contributed by atoms with Crippen molar-refractivity contribution in [1.82, 2.24) is 9.97 Å². The van der Waals surface area contributed by atoms with Gasteiger partial charge in [-0.05, 0) is 36.4 Å². The monoisotopic (exact) mass is 384 g/mol. The van der Waals surface area contributed by atoms with Gasteiger partial charge < -0.3 is 15.1 Å². The van der Waals surface area contributed by atoms with Crippen LogP contribution in [0.25, 0.3) is 0 Å². The Hall–Kier alpha value is -3.92. The molecule has 0 radical (unpaired) electrons. The van der Waals surface area contributed by atoms with Gasteiger partial charge >= 0.3 is 0 Å². The summed E-state index contributed by atoms with van der Waals surface area (Å²) in [6.07, 6.45) is 3.24. The maximum atomic E-state index is 12.3. The molecular formula is C22H20N6O. The highest BCUT2D eigenvalue weighted by atomic mass is 16.1. The molecule has 1 amide bonds. The summed E-state index contributed by atoms with van der Waals surface area (Å²) >= 11 is 0. The number of nitrogens with one attached hydrogen (secondary N) is 1. The number of nitriles is 1. The maximum Gasteiger partial charge on any atom is 0.255 e.